The second-order valence-electron chi connectivity index (χ2n) is 3.85. The van der Waals surface area contributed by atoms with Crippen LogP contribution in [0.3, 0.4) is 0 Å². The van der Waals surface area contributed by atoms with Gasteiger partial charge in [-0.3, -0.25) is 9.88 Å². The Morgan fingerprint density at radius 2 is 2.11 bits per heavy atom. The number of aliphatic hydroxyl groups is 1. The van der Waals surface area contributed by atoms with E-state index in [0.29, 0.717) is 0 Å². The molecule has 0 saturated carbocycles. The highest BCUT2D eigenvalue weighted by molar-refractivity contribution is 5.88. The minimum Gasteiger partial charge on any atom is -0.478 e. The van der Waals surface area contributed by atoms with Crippen molar-refractivity contribution in [2.75, 3.05) is 19.7 Å². The van der Waals surface area contributed by atoms with Crippen LogP contribution in [0.4, 0.5) is 13.2 Å². The van der Waals surface area contributed by atoms with Crippen LogP contribution >= 0.6 is 0 Å². The molecule has 0 atom stereocenters. The van der Waals surface area contributed by atoms with Crippen molar-refractivity contribution in [3.63, 3.8) is 0 Å². The molecule has 106 valence electrons. The van der Waals surface area contributed by atoms with E-state index in [-0.39, 0.29) is 24.3 Å². The molecule has 0 aliphatic rings. The number of halogens is 3. The summed E-state index contributed by atoms with van der Waals surface area (Å²) in [6, 6.07) is 2.67. The van der Waals surface area contributed by atoms with Crippen LogP contribution < -0.4 is 0 Å². The number of aliphatic hydroxyl groups excluding tert-OH is 1. The van der Waals surface area contributed by atoms with Gasteiger partial charge in [0.2, 0.25) is 0 Å². The molecule has 1 aromatic rings. The molecule has 19 heavy (non-hydrogen) atoms. The number of hydrogen-bond acceptors (Lipinski definition) is 4. The summed E-state index contributed by atoms with van der Waals surface area (Å²) in [6.07, 6.45) is -3.11. The maximum atomic E-state index is 12.3. The van der Waals surface area contributed by atoms with Crippen molar-refractivity contribution in [1.82, 2.24) is 9.88 Å². The van der Waals surface area contributed by atoms with Crippen LogP contribution in [-0.2, 0) is 6.54 Å². The molecular weight excluding hydrogens is 265 g/mol. The first-order valence-corrected chi connectivity index (χ1v) is 5.40. The quantitative estimate of drug-likeness (QED) is 0.816. The second kappa shape index (κ2) is 6.48. The zero-order chi connectivity index (χ0) is 14.5. The van der Waals surface area contributed by atoms with Crippen LogP contribution in [0.5, 0.6) is 0 Å². The normalized spacial score (nSPS) is 11.8. The first-order valence-electron chi connectivity index (χ1n) is 5.40. The molecule has 8 heteroatoms. The summed E-state index contributed by atoms with van der Waals surface area (Å²) in [4.78, 5) is 15.6. The van der Waals surface area contributed by atoms with Crippen molar-refractivity contribution in [3.8, 4) is 0 Å². The smallest absolute Gasteiger partial charge is 0.401 e. The van der Waals surface area contributed by atoms with E-state index in [9.17, 15) is 18.0 Å². The summed E-state index contributed by atoms with van der Waals surface area (Å²) in [5.41, 5.74) is -0.111. The Morgan fingerprint density at radius 1 is 1.42 bits per heavy atom. The number of carboxylic acid groups (broad SMARTS) is 1. The molecule has 0 aliphatic carbocycles. The largest absolute Gasteiger partial charge is 0.478 e. The molecule has 0 bridgehead atoms. The lowest BCUT2D eigenvalue weighted by Crippen LogP contribution is -2.36. The molecule has 0 spiro atoms. The zero-order valence-electron chi connectivity index (χ0n) is 9.89. The number of pyridine rings is 1. The molecule has 0 aromatic carbocycles. The van der Waals surface area contributed by atoms with Gasteiger partial charge in [-0.05, 0) is 12.1 Å². The molecular formula is C11H13F3N2O3. The Kier molecular flexibility index (Phi) is 5.25. The molecule has 0 radical (unpaired) electrons. The van der Waals surface area contributed by atoms with Crippen LogP contribution in [0.15, 0.2) is 18.3 Å². The molecule has 1 heterocycles. The van der Waals surface area contributed by atoms with Crippen molar-refractivity contribution >= 4 is 5.97 Å². The van der Waals surface area contributed by atoms with Gasteiger partial charge in [0.1, 0.15) is 0 Å². The number of aromatic carboxylic acids is 1. The Balaban J connectivity index is 2.87. The van der Waals surface area contributed by atoms with Crippen LogP contribution in [0.2, 0.25) is 0 Å². The third-order valence-corrected chi connectivity index (χ3v) is 2.31. The third kappa shape index (κ3) is 5.23. The van der Waals surface area contributed by atoms with Gasteiger partial charge >= 0.3 is 12.1 Å². The van der Waals surface area contributed by atoms with Gasteiger partial charge in [0.05, 0.1) is 24.4 Å². The maximum absolute atomic E-state index is 12.3. The molecule has 0 aliphatic heterocycles. The summed E-state index contributed by atoms with van der Waals surface area (Å²) < 4.78 is 37.0. The molecule has 1 aromatic heterocycles. The van der Waals surface area contributed by atoms with Gasteiger partial charge in [0.25, 0.3) is 0 Å². The average Bonchev–Trinajstić information content (AvgIpc) is 2.27. The van der Waals surface area contributed by atoms with Gasteiger partial charge < -0.3 is 10.2 Å². The molecule has 1 rings (SSSR count). The fourth-order valence-corrected chi connectivity index (χ4v) is 1.58. The molecule has 0 unspecified atom stereocenters. The summed E-state index contributed by atoms with van der Waals surface area (Å²) in [6.45, 7) is -2.19. The minimum absolute atomic E-state index is 0.0349. The standard InChI is InChI=1S/C11H13F3N2O3/c12-11(13,14)7-16(4-5-17)6-9-8(10(18)19)2-1-3-15-9/h1-3,17H,4-7H2,(H,18,19). The van der Waals surface area contributed by atoms with Crippen molar-refractivity contribution < 1.29 is 28.2 Å². The van der Waals surface area contributed by atoms with Gasteiger partial charge in [0.15, 0.2) is 0 Å². The van der Waals surface area contributed by atoms with Crippen molar-refractivity contribution in [3.05, 3.63) is 29.6 Å². The van der Waals surface area contributed by atoms with Crippen LogP contribution in [0.25, 0.3) is 0 Å². The molecule has 0 fully saturated rings. The number of nitrogens with zero attached hydrogens (tertiary/aromatic N) is 2. The fourth-order valence-electron chi connectivity index (χ4n) is 1.58. The van der Waals surface area contributed by atoms with E-state index < -0.39 is 25.3 Å². The second-order valence-corrected chi connectivity index (χ2v) is 3.85. The fraction of sp³-hybridized carbons (Fsp3) is 0.455. The van der Waals surface area contributed by atoms with Crippen LogP contribution in [-0.4, -0.2) is 51.9 Å². The number of aromatic nitrogens is 1. The Hall–Kier alpha value is -1.67. The van der Waals surface area contributed by atoms with Gasteiger partial charge in [-0.25, -0.2) is 4.79 Å². The minimum atomic E-state index is -4.42. The lowest BCUT2D eigenvalue weighted by Gasteiger charge is -2.22. The first kappa shape index (κ1) is 15.4. The van der Waals surface area contributed by atoms with Gasteiger partial charge in [-0.15, -0.1) is 0 Å². The van der Waals surface area contributed by atoms with Crippen LogP contribution in [0, 0.1) is 0 Å². The monoisotopic (exact) mass is 278 g/mol. The zero-order valence-corrected chi connectivity index (χ0v) is 9.89. The number of carboxylic acids is 1. The predicted octanol–water partition coefficient (Wildman–Crippen LogP) is 1.14. The summed E-state index contributed by atoms with van der Waals surface area (Å²) in [5.74, 6) is -1.25. The molecule has 0 amide bonds. The van der Waals surface area contributed by atoms with Crippen LogP contribution in [0.1, 0.15) is 16.1 Å². The molecule has 5 nitrogen and oxygen atoms in total. The first-order chi connectivity index (χ1) is 8.83. The van der Waals surface area contributed by atoms with Gasteiger partial charge in [-0.2, -0.15) is 13.2 Å². The number of rotatable bonds is 6. The van der Waals surface area contributed by atoms with E-state index in [1.165, 1.54) is 18.3 Å². The average molecular weight is 278 g/mol. The predicted molar refractivity (Wildman–Crippen MR) is 59.6 cm³/mol. The lowest BCUT2D eigenvalue weighted by molar-refractivity contribution is -0.148. The Morgan fingerprint density at radius 3 is 2.63 bits per heavy atom. The van der Waals surface area contributed by atoms with Crippen molar-refractivity contribution in [2.24, 2.45) is 0 Å². The van der Waals surface area contributed by atoms with E-state index in [1.807, 2.05) is 0 Å². The number of hydrogen-bond donors (Lipinski definition) is 2. The molecule has 2 N–H and O–H groups in total. The van der Waals surface area contributed by atoms with E-state index >= 15 is 0 Å². The van der Waals surface area contributed by atoms with E-state index in [2.05, 4.69) is 4.98 Å². The highest BCUT2D eigenvalue weighted by Gasteiger charge is 2.31. The number of carbonyl (C=O) groups is 1. The van der Waals surface area contributed by atoms with E-state index in [4.69, 9.17) is 10.2 Å². The lowest BCUT2D eigenvalue weighted by atomic mass is 10.2. The highest BCUT2D eigenvalue weighted by atomic mass is 19.4. The maximum Gasteiger partial charge on any atom is 0.401 e. The van der Waals surface area contributed by atoms with Gasteiger partial charge in [-0.1, -0.05) is 0 Å². The van der Waals surface area contributed by atoms with E-state index in [1.54, 1.807) is 0 Å². The van der Waals surface area contributed by atoms with E-state index in [0.717, 1.165) is 4.90 Å². The highest BCUT2D eigenvalue weighted by Crippen LogP contribution is 2.18. The van der Waals surface area contributed by atoms with Crippen molar-refractivity contribution in [1.29, 1.82) is 0 Å². The van der Waals surface area contributed by atoms with Crippen molar-refractivity contribution in [2.45, 2.75) is 12.7 Å². The summed E-state index contributed by atoms with van der Waals surface area (Å²) in [5, 5.41) is 17.7. The summed E-state index contributed by atoms with van der Waals surface area (Å²) >= 11 is 0. The third-order valence-electron chi connectivity index (χ3n) is 2.31. The Labute approximate surface area is 107 Å². The van der Waals surface area contributed by atoms with Gasteiger partial charge in [0, 0.05) is 19.3 Å². The summed E-state index contributed by atoms with van der Waals surface area (Å²) in [7, 11) is 0. The Bertz CT molecular complexity index is 437. The topological polar surface area (TPSA) is 73.7 Å². The molecule has 0 saturated heterocycles. The SMILES string of the molecule is O=C(O)c1cccnc1CN(CCO)CC(F)(F)F. The number of alkyl halides is 3.